The fourth-order valence-corrected chi connectivity index (χ4v) is 3.59. The van der Waals surface area contributed by atoms with Crippen molar-refractivity contribution in [3.63, 3.8) is 0 Å². The third kappa shape index (κ3) is 5.72. The predicted octanol–water partition coefficient (Wildman–Crippen LogP) is 3.00. The number of benzene rings is 1. The molecule has 1 aliphatic carbocycles. The number of hydrogen-bond donors (Lipinski definition) is 3. The summed E-state index contributed by atoms with van der Waals surface area (Å²) in [6.07, 6.45) is 7.50. The van der Waals surface area contributed by atoms with E-state index >= 15 is 0 Å². The van der Waals surface area contributed by atoms with Gasteiger partial charge in [-0.3, -0.25) is 9.59 Å². The first-order chi connectivity index (χ1) is 11.7. The predicted molar refractivity (Wildman–Crippen MR) is 102 cm³/mol. The number of nitrogens with one attached hydrogen (secondary N) is 3. The molecule has 0 radical (unpaired) electrons. The molecule has 5 nitrogen and oxygen atoms in total. The van der Waals surface area contributed by atoms with Crippen LogP contribution in [0.2, 0.25) is 0 Å². The summed E-state index contributed by atoms with van der Waals surface area (Å²) < 4.78 is 0. The second-order valence-corrected chi connectivity index (χ2v) is 6.89. The zero-order valence-electron chi connectivity index (χ0n) is 14.6. The van der Waals surface area contributed by atoms with Crippen LogP contribution in [0.1, 0.15) is 50.5 Å². The maximum absolute atomic E-state index is 12.3. The lowest BCUT2D eigenvalue weighted by Crippen LogP contribution is -2.40. The van der Waals surface area contributed by atoms with E-state index in [9.17, 15) is 9.59 Å². The third-order valence-corrected chi connectivity index (χ3v) is 5.01. The maximum atomic E-state index is 12.3. The van der Waals surface area contributed by atoms with Crippen molar-refractivity contribution in [1.82, 2.24) is 10.6 Å². The quantitative estimate of drug-likeness (QED) is 0.751. The first kappa shape index (κ1) is 19.7. The average molecular weight is 366 g/mol. The molecule has 2 fully saturated rings. The minimum atomic E-state index is -0.0563. The minimum Gasteiger partial charge on any atom is -0.351 e. The Morgan fingerprint density at radius 2 is 1.84 bits per heavy atom. The number of carbonyl (C=O) groups excluding carboxylic acids is 2. The van der Waals surface area contributed by atoms with E-state index in [4.69, 9.17) is 0 Å². The minimum absolute atomic E-state index is 0. The van der Waals surface area contributed by atoms with Crippen LogP contribution < -0.4 is 16.0 Å². The largest absolute Gasteiger partial charge is 0.351 e. The molecule has 0 bridgehead atoms. The van der Waals surface area contributed by atoms with E-state index in [0.29, 0.717) is 6.54 Å². The van der Waals surface area contributed by atoms with Crippen LogP contribution >= 0.6 is 12.4 Å². The Kier molecular flexibility index (Phi) is 7.72. The monoisotopic (exact) mass is 365 g/mol. The second kappa shape index (κ2) is 9.78. The van der Waals surface area contributed by atoms with Gasteiger partial charge in [0.1, 0.15) is 0 Å². The molecule has 1 aromatic rings. The van der Waals surface area contributed by atoms with Crippen molar-refractivity contribution in [2.75, 3.05) is 11.9 Å². The van der Waals surface area contributed by atoms with Crippen LogP contribution in [0.15, 0.2) is 24.3 Å². The molecule has 1 aliphatic heterocycles. The Labute approximate surface area is 155 Å². The van der Waals surface area contributed by atoms with Crippen molar-refractivity contribution < 1.29 is 9.59 Å². The molecule has 1 atom stereocenters. The summed E-state index contributed by atoms with van der Waals surface area (Å²) in [5, 5.41) is 9.20. The molecule has 6 heteroatoms. The highest BCUT2D eigenvalue weighted by Crippen LogP contribution is 2.25. The van der Waals surface area contributed by atoms with E-state index in [1.807, 2.05) is 24.3 Å². The molecule has 0 spiro atoms. The molecule has 1 aromatic carbocycles. The summed E-state index contributed by atoms with van der Waals surface area (Å²) >= 11 is 0. The first-order valence-electron chi connectivity index (χ1n) is 9.13. The van der Waals surface area contributed by atoms with Crippen LogP contribution in [-0.4, -0.2) is 24.4 Å². The van der Waals surface area contributed by atoms with Crippen LogP contribution in [0.4, 0.5) is 5.69 Å². The van der Waals surface area contributed by atoms with Gasteiger partial charge in [-0.15, -0.1) is 12.4 Å². The maximum Gasteiger partial charge on any atom is 0.237 e. The summed E-state index contributed by atoms with van der Waals surface area (Å²) in [5.74, 6) is 0.339. The molecule has 3 N–H and O–H groups in total. The summed E-state index contributed by atoms with van der Waals surface area (Å²) in [7, 11) is 0. The number of amides is 2. The van der Waals surface area contributed by atoms with Gasteiger partial charge < -0.3 is 16.0 Å². The molecule has 138 valence electrons. The standard InChI is InChI=1S/C19H27N3O2.ClH/c23-18(15-7-2-1-3-8-15)22-16-9-4-6-14(12-16)13-21-19(24)17-10-5-11-20-17;/h4,6,9,12,15,17,20H,1-3,5,7-8,10-11,13H2,(H,21,24)(H,22,23);1H. The van der Waals surface area contributed by atoms with Gasteiger partial charge in [0.05, 0.1) is 6.04 Å². The molecule has 25 heavy (non-hydrogen) atoms. The first-order valence-corrected chi connectivity index (χ1v) is 9.13. The number of rotatable bonds is 5. The van der Waals surface area contributed by atoms with E-state index in [1.54, 1.807) is 0 Å². The van der Waals surface area contributed by atoms with Gasteiger partial charge in [0.25, 0.3) is 0 Å². The van der Waals surface area contributed by atoms with Crippen LogP contribution in [0.3, 0.4) is 0 Å². The fraction of sp³-hybridized carbons (Fsp3) is 0.579. The molecule has 3 rings (SSSR count). The summed E-state index contributed by atoms with van der Waals surface area (Å²) in [4.78, 5) is 24.4. The molecule has 2 aliphatic rings. The van der Waals surface area contributed by atoms with Crippen LogP contribution in [0.5, 0.6) is 0 Å². The highest BCUT2D eigenvalue weighted by atomic mass is 35.5. The average Bonchev–Trinajstić information content (AvgIpc) is 3.15. The molecule has 2 amide bonds. The highest BCUT2D eigenvalue weighted by molar-refractivity contribution is 5.92. The van der Waals surface area contributed by atoms with Gasteiger partial charge in [0, 0.05) is 18.2 Å². The zero-order chi connectivity index (χ0) is 16.8. The highest BCUT2D eigenvalue weighted by Gasteiger charge is 2.22. The normalized spacial score (nSPS) is 20.6. The van der Waals surface area contributed by atoms with E-state index < -0.39 is 0 Å². The molecule has 0 aromatic heterocycles. The van der Waals surface area contributed by atoms with Crippen LogP contribution in [0.25, 0.3) is 0 Å². The number of hydrogen-bond acceptors (Lipinski definition) is 3. The van der Waals surface area contributed by atoms with Crippen molar-refractivity contribution >= 4 is 29.9 Å². The Hall–Kier alpha value is -1.59. The molecule has 1 unspecified atom stereocenters. The third-order valence-electron chi connectivity index (χ3n) is 5.01. The van der Waals surface area contributed by atoms with Gasteiger partial charge in [-0.05, 0) is 49.9 Å². The Morgan fingerprint density at radius 1 is 1.04 bits per heavy atom. The van der Waals surface area contributed by atoms with Gasteiger partial charge in [-0.2, -0.15) is 0 Å². The van der Waals surface area contributed by atoms with Gasteiger partial charge in [0.2, 0.25) is 11.8 Å². The summed E-state index contributed by atoms with van der Waals surface area (Å²) in [6, 6.07) is 7.69. The lowest BCUT2D eigenvalue weighted by atomic mass is 9.88. The van der Waals surface area contributed by atoms with Crippen LogP contribution in [-0.2, 0) is 16.1 Å². The van der Waals surface area contributed by atoms with Crippen molar-refractivity contribution in [2.45, 2.75) is 57.5 Å². The molecular weight excluding hydrogens is 338 g/mol. The van der Waals surface area contributed by atoms with E-state index in [1.165, 1.54) is 6.42 Å². The zero-order valence-corrected chi connectivity index (χ0v) is 15.4. The van der Waals surface area contributed by atoms with Crippen LogP contribution in [0, 0.1) is 5.92 Å². The van der Waals surface area contributed by atoms with E-state index in [0.717, 1.165) is 56.3 Å². The van der Waals surface area contributed by atoms with Crippen molar-refractivity contribution in [2.24, 2.45) is 5.92 Å². The molecule has 1 saturated heterocycles. The van der Waals surface area contributed by atoms with E-state index in [2.05, 4.69) is 16.0 Å². The SMILES string of the molecule is Cl.O=C(Nc1cccc(CNC(=O)C2CCCN2)c1)C1CCCCC1. The smallest absolute Gasteiger partial charge is 0.237 e. The Bertz CT molecular complexity index is 582. The molecule has 1 heterocycles. The lowest BCUT2D eigenvalue weighted by Gasteiger charge is -2.21. The molecule has 1 saturated carbocycles. The number of halogens is 1. The Balaban J connectivity index is 0.00000225. The summed E-state index contributed by atoms with van der Waals surface area (Å²) in [5.41, 5.74) is 1.82. The van der Waals surface area contributed by atoms with Crippen molar-refractivity contribution in [3.8, 4) is 0 Å². The van der Waals surface area contributed by atoms with Crippen molar-refractivity contribution in [1.29, 1.82) is 0 Å². The van der Waals surface area contributed by atoms with Crippen molar-refractivity contribution in [3.05, 3.63) is 29.8 Å². The second-order valence-electron chi connectivity index (χ2n) is 6.89. The van der Waals surface area contributed by atoms with E-state index in [-0.39, 0.29) is 36.2 Å². The number of carbonyl (C=O) groups is 2. The Morgan fingerprint density at radius 3 is 2.56 bits per heavy atom. The number of anilines is 1. The topological polar surface area (TPSA) is 70.2 Å². The molecular formula is C19H28ClN3O2. The lowest BCUT2D eigenvalue weighted by molar-refractivity contribution is -0.123. The van der Waals surface area contributed by atoms with Gasteiger partial charge in [0.15, 0.2) is 0 Å². The summed E-state index contributed by atoms with van der Waals surface area (Å²) in [6.45, 7) is 1.41. The van der Waals surface area contributed by atoms with Gasteiger partial charge in [-0.1, -0.05) is 31.4 Å². The van der Waals surface area contributed by atoms with Gasteiger partial charge in [-0.25, -0.2) is 0 Å². The van der Waals surface area contributed by atoms with Gasteiger partial charge >= 0.3 is 0 Å². The fourth-order valence-electron chi connectivity index (χ4n) is 3.59.